The molecule has 0 unspecified atom stereocenters. The van der Waals surface area contributed by atoms with Crippen LogP contribution in [0.4, 0.5) is 4.39 Å². The van der Waals surface area contributed by atoms with Gasteiger partial charge in [-0.3, -0.25) is 4.90 Å². The Morgan fingerprint density at radius 3 is 2.15 bits per heavy atom. The predicted octanol–water partition coefficient (Wildman–Crippen LogP) is 1.24. The molecule has 0 bridgehead atoms. The molecule has 0 saturated carbocycles. The quantitative estimate of drug-likeness (QED) is 0.679. The van der Waals surface area contributed by atoms with Gasteiger partial charge in [0.1, 0.15) is 6.17 Å². The van der Waals surface area contributed by atoms with Gasteiger partial charge in [-0.2, -0.15) is 12.6 Å². The normalized spacial score (nSPS) is 31.6. The van der Waals surface area contributed by atoms with Gasteiger partial charge in [-0.05, 0) is 27.9 Å². The van der Waals surface area contributed by atoms with E-state index in [-0.39, 0.29) is 10.9 Å². The fourth-order valence-corrected chi connectivity index (χ4v) is 1.84. The van der Waals surface area contributed by atoms with E-state index in [1.807, 2.05) is 32.8 Å². The van der Waals surface area contributed by atoms with Gasteiger partial charge in [0.2, 0.25) is 0 Å². The lowest BCUT2D eigenvalue weighted by Gasteiger charge is -2.30. The standard InChI is InChI=1S/C9H19FN2S/c1-9(2,13)12-5-7(10)8(6-12)11(3)4/h7-8,13H,5-6H2,1-4H3/t7-,8+/m1/s1. The molecule has 0 spiro atoms. The second kappa shape index (κ2) is 3.75. The first-order valence-electron chi connectivity index (χ1n) is 4.60. The monoisotopic (exact) mass is 206 g/mol. The molecule has 0 N–H and O–H groups in total. The van der Waals surface area contributed by atoms with Crippen LogP contribution in [-0.2, 0) is 0 Å². The van der Waals surface area contributed by atoms with Crippen molar-refractivity contribution in [3.63, 3.8) is 0 Å². The Morgan fingerprint density at radius 2 is 1.92 bits per heavy atom. The maximum absolute atomic E-state index is 13.5. The summed E-state index contributed by atoms with van der Waals surface area (Å²) in [6, 6.07) is 0.0198. The second-order valence-electron chi connectivity index (χ2n) is 4.45. The van der Waals surface area contributed by atoms with Crippen LogP contribution in [0.1, 0.15) is 13.8 Å². The average Bonchev–Trinajstić information content (AvgIpc) is 2.29. The lowest BCUT2D eigenvalue weighted by atomic mass is 10.2. The first-order valence-corrected chi connectivity index (χ1v) is 5.05. The fourth-order valence-electron chi connectivity index (χ4n) is 1.68. The number of rotatable bonds is 2. The summed E-state index contributed by atoms with van der Waals surface area (Å²) in [6.45, 7) is 5.27. The minimum absolute atomic E-state index is 0.0198. The third-order valence-electron chi connectivity index (χ3n) is 2.66. The smallest absolute Gasteiger partial charge is 0.129 e. The highest BCUT2D eigenvalue weighted by atomic mass is 32.1. The summed E-state index contributed by atoms with van der Waals surface area (Å²) in [6.07, 6.45) is -0.749. The van der Waals surface area contributed by atoms with Crippen molar-refractivity contribution in [2.24, 2.45) is 0 Å². The van der Waals surface area contributed by atoms with E-state index in [0.717, 1.165) is 6.54 Å². The number of hydrogen-bond acceptors (Lipinski definition) is 3. The van der Waals surface area contributed by atoms with E-state index in [0.29, 0.717) is 6.54 Å². The van der Waals surface area contributed by atoms with E-state index in [4.69, 9.17) is 0 Å². The zero-order valence-electron chi connectivity index (χ0n) is 8.79. The predicted molar refractivity (Wildman–Crippen MR) is 57.0 cm³/mol. The first kappa shape index (κ1) is 11.3. The van der Waals surface area contributed by atoms with Crippen molar-refractivity contribution >= 4 is 12.6 Å². The molecule has 2 nitrogen and oxygen atoms in total. The molecule has 0 aromatic carbocycles. The molecule has 1 saturated heterocycles. The maximum Gasteiger partial charge on any atom is 0.129 e. The highest BCUT2D eigenvalue weighted by molar-refractivity contribution is 7.81. The van der Waals surface area contributed by atoms with Gasteiger partial charge in [-0.25, -0.2) is 4.39 Å². The molecule has 1 aliphatic heterocycles. The minimum atomic E-state index is -0.749. The molecule has 78 valence electrons. The Hall–Kier alpha value is 0.200. The van der Waals surface area contributed by atoms with Gasteiger partial charge >= 0.3 is 0 Å². The Morgan fingerprint density at radius 1 is 1.38 bits per heavy atom. The van der Waals surface area contributed by atoms with Crippen LogP contribution in [0.25, 0.3) is 0 Å². The molecule has 0 aromatic heterocycles. The molecule has 0 radical (unpaired) electrons. The van der Waals surface area contributed by atoms with Crippen molar-refractivity contribution in [1.29, 1.82) is 0 Å². The molecule has 1 fully saturated rings. The zero-order valence-corrected chi connectivity index (χ0v) is 9.68. The topological polar surface area (TPSA) is 6.48 Å². The first-order chi connectivity index (χ1) is 5.82. The van der Waals surface area contributed by atoms with Crippen molar-refractivity contribution < 1.29 is 4.39 Å². The molecule has 0 aliphatic carbocycles. The largest absolute Gasteiger partial charge is 0.302 e. The molecule has 2 atom stereocenters. The third-order valence-corrected chi connectivity index (χ3v) is 2.94. The van der Waals surface area contributed by atoms with Gasteiger partial charge in [-0.1, -0.05) is 0 Å². The van der Waals surface area contributed by atoms with Crippen LogP contribution in [0.3, 0.4) is 0 Å². The maximum atomic E-state index is 13.5. The number of halogens is 1. The van der Waals surface area contributed by atoms with Crippen LogP contribution in [0.5, 0.6) is 0 Å². The SMILES string of the molecule is CN(C)[C@H]1CN(C(C)(C)S)C[C@H]1F. The van der Waals surface area contributed by atoms with E-state index in [1.54, 1.807) is 0 Å². The van der Waals surface area contributed by atoms with Gasteiger partial charge in [0.05, 0.1) is 10.9 Å². The summed E-state index contributed by atoms with van der Waals surface area (Å²) in [7, 11) is 3.85. The van der Waals surface area contributed by atoms with Crippen molar-refractivity contribution in [3.05, 3.63) is 0 Å². The van der Waals surface area contributed by atoms with Crippen molar-refractivity contribution in [2.75, 3.05) is 27.2 Å². The molecule has 1 heterocycles. The number of nitrogens with zero attached hydrogens (tertiary/aromatic N) is 2. The Labute approximate surface area is 85.5 Å². The number of alkyl halides is 1. The van der Waals surface area contributed by atoms with Crippen LogP contribution in [0, 0.1) is 0 Å². The van der Waals surface area contributed by atoms with Crippen molar-refractivity contribution in [1.82, 2.24) is 9.80 Å². The highest BCUT2D eigenvalue weighted by Crippen LogP contribution is 2.27. The lowest BCUT2D eigenvalue weighted by molar-refractivity contribution is 0.202. The summed E-state index contributed by atoms with van der Waals surface area (Å²) in [4.78, 5) is 3.81. The lowest BCUT2D eigenvalue weighted by Crippen LogP contribution is -2.40. The molecule has 1 rings (SSSR count). The number of likely N-dealkylation sites (tertiary alicyclic amines) is 1. The van der Waals surface area contributed by atoms with E-state index >= 15 is 0 Å². The Balaban J connectivity index is 2.60. The van der Waals surface area contributed by atoms with E-state index in [1.165, 1.54) is 0 Å². The molecule has 4 heteroatoms. The number of thiol groups is 1. The van der Waals surface area contributed by atoms with Crippen LogP contribution in [-0.4, -0.2) is 54.1 Å². The summed E-state index contributed by atoms with van der Waals surface area (Å²) in [5.74, 6) is 0. The molecular weight excluding hydrogens is 187 g/mol. The Kier molecular flexibility index (Phi) is 3.25. The van der Waals surface area contributed by atoms with E-state index in [2.05, 4.69) is 17.5 Å². The molecule has 1 aliphatic rings. The number of hydrogen-bond donors (Lipinski definition) is 1. The van der Waals surface area contributed by atoms with Crippen LogP contribution >= 0.6 is 12.6 Å². The molecule has 13 heavy (non-hydrogen) atoms. The average molecular weight is 206 g/mol. The minimum Gasteiger partial charge on any atom is -0.302 e. The van der Waals surface area contributed by atoms with Gasteiger partial charge in [0.25, 0.3) is 0 Å². The van der Waals surface area contributed by atoms with Crippen LogP contribution < -0.4 is 0 Å². The Bertz CT molecular complexity index is 179. The van der Waals surface area contributed by atoms with Gasteiger partial charge in [-0.15, -0.1) is 0 Å². The second-order valence-corrected chi connectivity index (χ2v) is 5.54. The number of likely N-dealkylation sites (N-methyl/N-ethyl adjacent to an activating group) is 1. The van der Waals surface area contributed by atoms with Crippen molar-refractivity contribution in [2.45, 2.75) is 30.9 Å². The van der Waals surface area contributed by atoms with Gasteiger partial charge in [0, 0.05) is 13.1 Å². The van der Waals surface area contributed by atoms with Gasteiger partial charge in [0.15, 0.2) is 0 Å². The summed E-state index contributed by atoms with van der Waals surface area (Å²) >= 11 is 4.44. The van der Waals surface area contributed by atoms with E-state index in [9.17, 15) is 4.39 Å². The highest BCUT2D eigenvalue weighted by Gasteiger charge is 2.39. The zero-order chi connectivity index (χ0) is 10.2. The summed E-state index contributed by atoms with van der Waals surface area (Å²) in [5.41, 5.74) is 0. The van der Waals surface area contributed by atoms with Gasteiger partial charge < -0.3 is 4.90 Å². The summed E-state index contributed by atoms with van der Waals surface area (Å²) < 4.78 is 13.5. The van der Waals surface area contributed by atoms with Crippen molar-refractivity contribution in [3.8, 4) is 0 Å². The summed E-state index contributed by atoms with van der Waals surface area (Å²) in [5, 5.41) is 0. The fraction of sp³-hybridized carbons (Fsp3) is 1.00. The van der Waals surface area contributed by atoms with E-state index < -0.39 is 6.17 Å². The molecule has 0 amide bonds. The molecule has 0 aromatic rings. The van der Waals surface area contributed by atoms with Crippen LogP contribution in [0.15, 0.2) is 0 Å². The third kappa shape index (κ3) is 2.58. The van der Waals surface area contributed by atoms with Crippen LogP contribution in [0.2, 0.25) is 0 Å². The molecular formula is C9H19FN2S.